The molecule has 0 saturated heterocycles. The molecular weight excluding hydrogens is 152 g/mol. The number of nitrogens with one attached hydrogen (secondary N) is 2. The summed E-state index contributed by atoms with van der Waals surface area (Å²) >= 11 is 0. The molecule has 0 spiro atoms. The minimum absolute atomic E-state index is 0.865. The molecule has 0 bridgehead atoms. The number of furan rings is 1. The van der Waals surface area contributed by atoms with E-state index in [9.17, 15) is 0 Å². The zero-order valence-electron chi connectivity index (χ0n) is 6.61. The Labute approximate surface area is 69.8 Å². The summed E-state index contributed by atoms with van der Waals surface area (Å²) in [4.78, 5) is 3.26. The van der Waals surface area contributed by atoms with E-state index in [0.717, 1.165) is 25.2 Å². The van der Waals surface area contributed by atoms with Crippen LogP contribution in [0, 0.1) is 6.26 Å². The maximum absolute atomic E-state index is 5.16. The molecule has 1 radical (unpaired) electrons. The van der Waals surface area contributed by atoms with Crippen LogP contribution in [-0.4, -0.2) is 11.5 Å². The normalized spacial score (nSPS) is 16.7. The molecule has 12 heavy (non-hydrogen) atoms. The van der Waals surface area contributed by atoms with Crippen molar-refractivity contribution in [3.05, 3.63) is 23.6 Å². The number of hydrogen-bond acceptors (Lipinski definition) is 2. The Kier molecular flexibility index (Phi) is 1.12. The first-order valence-electron chi connectivity index (χ1n) is 4.15. The van der Waals surface area contributed by atoms with E-state index >= 15 is 0 Å². The van der Waals surface area contributed by atoms with E-state index in [1.165, 1.54) is 16.6 Å². The predicted molar refractivity (Wildman–Crippen MR) is 44.8 cm³/mol. The maximum atomic E-state index is 5.16. The standard InChI is InChI=1S/C9H9N2O/c1-3-10-5-7-6-2-4-12-9(6)11-8(1)7/h2,10-11H,1,3,5H2. The highest BCUT2D eigenvalue weighted by Gasteiger charge is 2.15. The van der Waals surface area contributed by atoms with E-state index in [0.29, 0.717) is 0 Å². The molecule has 3 heterocycles. The SMILES string of the molecule is [c]1cc2c3c([nH]c2o1)CCNC3. The number of hydrogen-bond donors (Lipinski definition) is 2. The number of rotatable bonds is 0. The van der Waals surface area contributed by atoms with Gasteiger partial charge in [0.1, 0.15) is 0 Å². The summed E-state index contributed by atoms with van der Waals surface area (Å²) in [5, 5.41) is 4.51. The predicted octanol–water partition coefficient (Wildman–Crippen LogP) is 1.21. The van der Waals surface area contributed by atoms with Gasteiger partial charge in [0.05, 0.1) is 0 Å². The largest absolute Gasteiger partial charge is 0.436 e. The molecule has 2 N–H and O–H groups in total. The monoisotopic (exact) mass is 161 g/mol. The minimum atomic E-state index is 0.865. The van der Waals surface area contributed by atoms with Crippen LogP contribution in [0.3, 0.4) is 0 Å². The lowest BCUT2D eigenvalue weighted by molar-refractivity contribution is 0.590. The van der Waals surface area contributed by atoms with Gasteiger partial charge in [-0.25, -0.2) is 0 Å². The third kappa shape index (κ3) is 0.689. The Bertz CT molecular complexity index is 413. The molecule has 1 aliphatic heterocycles. The van der Waals surface area contributed by atoms with Crippen LogP contribution in [0.25, 0.3) is 11.1 Å². The van der Waals surface area contributed by atoms with Crippen LogP contribution >= 0.6 is 0 Å². The number of fused-ring (bicyclic) bond motifs is 3. The molecule has 0 aromatic carbocycles. The van der Waals surface area contributed by atoms with Crippen LogP contribution in [-0.2, 0) is 13.0 Å². The van der Waals surface area contributed by atoms with Crippen molar-refractivity contribution in [2.45, 2.75) is 13.0 Å². The van der Waals surface area contributed by atoms with Crippen molar-refractivity contribution < 1.29 is 4.42 Å². The van der Waals surface area contributed by atoms with E-state index in [-0.39, 0.29) is 0 Å². The Morgan fingerprint density at radius 3 is 3.50 bits per heavy atom. The lowest BCUT2D eigenvalue weighted by Crippen LogP contribution is -2.22. The van der Waals surface area contributed by atoms with Crippen molar-refractivity contribution in [2.24, 2.45) is 0 Å². The minimum Gasteiger partial charge on any atom is -0.436 e. The number of H-pyrrole nitrogens is 1. The van der Waals surface area contributed by atoms with Crippen molar-refractivity contribution in [3.8, 4) is 0 Å². The van der Waals surface area contributed by atoms with Gasteiger partial charge in [0.2, 0.25) is 5.71 Å². The average Bonchev–Trinajstić information content (AvgIpc) is 2.62. The van der Waals surface area contributed by atoms with E-state index < -0.39 is 0 Å². The summed E-state index contributed by atoms with van der Waals surface area (Å²) in [5.41, 5.74) is 3.53. The number of aromatic amines is 1. The molecule has 0 aliphatic carbocycles. The van der Waals surface area contributed by atoms with Crippen molar-refractivity contribution in [1.82, 2.24) is 10.3 Å². The Morgan fingerprint density at radius 2 is 2.50 bits per heavy atom. The van der Waals surface area contributed by atoms with Gasteiger partial charge in [0, 0.05) is 30.6 Å². The van der Waals surface area contributed by atoms with Gasteiger partial charge >= 0.3 is 0 Å². The van der Waals surface area contributed by atoms with Crippen LogP contribution in [0.4, 0.5) is 0 Å². The molecule has 3 rings (SSSR count). The van der Waals surface area contributed by atoms with Crippen molar-refractivity contribution in [1.29, 1.82) is 0 Å². The molecule has 0 atom stereocenters. The fourth-order valence-electron chi connectivity index (χ4n) is 1.80. The second-order valence-corrected chi connectivity index (χ2v) is 3.12. The van der Waals surface area contributed by atoms with Crippen LogP contribution in [0.1, 0.15) is 11.3 Å². The fourth-order valence-corrected chi connectivity index (χ4v) is 1.80. The molecular formula is C9H9N2O. The maximum Gasteiger partial charge on any atom is 0.205 e. The van der Waals surface area contributed by atoms with Crippen LogP contribution in [0.5, 0.6) is 0 Å². The molecule has 0 fully saturated rings. The highest BCUT2D eigenvalue weighted by Crippen LogP contribution is 2.24. The molecule has 3 nitrogen and oxygen atoms in total. The third-order valence-electron chi connectivity index (χ3n) is 2.42. The molecule has 2 aromatic heterocycles. The lowest BCUT2D eigenvalue weighted by Gasteiger charge is -2.11. The Balaban J connectivity index is 2.34. The third-order valence-corrected chi connectivity index (χ3v) is 2.42. The van der Waals surface area contributed by atoms with Gasteiger partial charge < -0.3 is 14.7 Å². The summed E-state index contributed by atoms with van der Waals surface area (Å²) in [5.74, 6) is 0. The molecule has 61 valence electrons. The zero-order chi connectivity index (χ0) is 7.97. The smallest absolute Gasteiger partial charge is 0.205 e. The lowest BCUT2D eigenvalue weighted by atomic mass is 10.1. The molecule has 0 unspecified atom stereocenters. The van der Waals surface area contributed by atoms with Crippen LogP contribution in [0.15, 0.2) is 10.5 Å². The molecule has 1 aliphatic rings. The van der Waals surface area contributed by atoms with Gasteiger partial charge in [0.15, 0.2) is 6.26 Å². The zero-order valence-corrected chi connectivity index (χ0v) is 6.61. The summed E-state index contributed by atoms with van der Waals surface area (Å²) in [7, 11) is 0. The van der Waals surface area contributed by atoms with Gasteiger partial charge in [-0.1, -0.05) is 0 Å². The van der Waals surface area contributed by atoms with Gasteiger partial charge in [0.25, 0.3) is 0 Å². The second kappa shape index (κ2) is 2.14. The average molecular weight is 161 g/mol. The first kappa shape index (κ1) is 6.31. The fraction of sp³-hybridized carbons (Fsp3) is 0.333. The Hall–Kier alpha value is -1.22. The first-order chi connectivity index (χ1) is 5.95. The van der Waals surface area contributed by atoms with Crippen LogP contribution < -0.4 is 5.32 Å². The number of aromatic nitrogens is 1. The summed E-state index contributed by atoms with van der Waals surface area (Å²) < 4.78 is 5.16. The van der Waals surface area contributed by atoms with E-state index in [1.54, 1.807) is 0 Å². The van der Waals surface area contributed by atoms with E-state index in [2.05, 4.69) is 16.6 Å². The highest BCUT2D eigenvalue weighted by atomic mass is 16.3. The van der Waals surface area contributed by atoms with Crippen molar-refractivity contribution in [3.63, 3.8) is 0 Å². The van der Waals surface area contributed by atoms with Gasteiger partial charge in [-0.3, -0.25) is 0 Å². The van der Waals surface area contributed by atoms with Gasteiger partial charge in [-0.15, -0.1) is 0 Å². The first-order valence-corrected chi connectivity index (χ1v) is 4.15. The summed E-state index contributed by atoms with van der Waals surface area (Å²) in [6, 6.07) is 1.90. The quantitative estimate of drug-likeness (QED) is 0.609. The molecule has 0 saturated carbocycles. The van der Waals surface area contributed by atoms with Gasteiger partial charge in [-0.2, -0.15) is 0 Å². The molecule has 2 aromatic rings. The molecule has 0 amide bonds. The van der Waals surface area contributed by atoms with E-state index in [1.807, 2.05) is 6.07 Å². The van der Waals surface area contributed by atoms with Crippen molar-refractivity contribution in [2.75, 3.05) is 6.54 Å². The van der Waals surface area contributed by atoms with Gasteiger partial charge in [-0.05, 0) is 11.6 Å². The van der Waals surface area contributed by atoms with Crippen molar-refractivity contribution >= 4 is 11.1 Å². The second-order valence-electron chi connectivity index (χ2n) is 3.12. The molecule has 3 heteroatoms. The van der Waals surface area contributed by atoms with E-state index in [4.69, 9.17) is 4.42 Å². The highest BCUT2D eigenvalue weighted by molar-refractivity contribution is 5.80. The topological polar surface area (TPSA) is 41.0 Å². The summed E-state index contributed by atoms with van der Waals surface area (Å²) in [6.45, 7) is 2.00. The Morgan fingerprint density at radius 1 is 1.50 bits per heavy atom. The summed E-state index contributed by atoms with van der Waals surface area (Å²) in [6.07, 6.45) is 3.80. The van der Waals surface area contributed by atoms with Crippen LogP contribution in [0.2, 0.25) is 0 Å².